The summed E-state index contributed by atoms with van der Waals surface area (Å²) in [6, 6.07) is 3.01. The van der Waals surface area contributed by atoms with Gasteiger partial charge in [-0.25, -0.2) is 0 Å². The number of furan rings is 1. The van der Waals surface area contributed by atoms with E-state index in [0.29, 0.717) is 0 Å². The predicted octanol–water partition coefficient (Wildman–Crippen LogP) is -0.505. The highest BCUT2D eigenvalue weighted by Crippen LogP contribution is 1.98. The maximum atomic E-state index is 11.0. The molecule has 0 saturated carbocycles. The fourth-order valence-corrected chi connectivity index (χ4v) is 0.647. The number of nitrogens with two attached hydrogens (primary N) is 1. The number of carbonyl (C=O) groups is 2. The fourth-order valence-electron chi connectivity index (χ4n) is 0.647. The van der Waals surface area contributed by atoms with Gasteiger partial charge < -0.3 is 10.2 Å². The number of nitrogens with one attached hydrogen (secondary N) is 1. The van der Waals surface area contributed by atoms with E-state index in [4.69, 9.17) is 10.2 Å². The van der Waals surface area contributed by atoms with Crippen molar-refractivity contribution in [1.29, 1.82) is 0 Å². The van der Waals surface area contributed by atoms with Crippen LogP contribution in [-0.2, 0) is 4.79 Å². The second-order valence-corrected chi connectivity index (χ2v) is 2.06. The molecule has 0 aliphatic heterocycles. The Morgan fingerprint density at radius 2 is 2.33 bits per heavy atom. The van der Waals surface area contributed by atoms with Crippen LogP contribution in [0.4, 0.5) is 0 Å². The Bertz CT molecular complexity index is 279. The molecule has 0 atom stereocenters. The van der Waals surface area contributed by atoms with Gasteiger partial charge in [0.2, 0.25) is 5.91 Å². The Kier molecular flexibility index (Phi) is 2.60. The van der Waals surface area contributed by atoms with Gasteiger partial charge in [0, 0.05) is 0 Å². The highest BCUT2D eigenvalue weighted by Gasteiger charge is 2.10. The number of hydrogen-bond donors (Lipinski definition) is 2. The summed E-state index contributed by atoms with van der Waals surface area (Å²) >= 11 is 0. The van der Waals surface area contributed by atoms with Crippen molar-refractivity contribution in [2.75, 3.05) is 6.54 Å². The second kappa shape index (κ2) is 3.68. The van der Waals surface area contributed by atoms with Gasteiger partial charge in [0.05, 0.1) is 12.8 Å². The molecule has 0 bridgehead atoms. The van der Waals surface area contributed by atoms with Crippen molar-refractivity contribution < 1.29 is 14.0 Å². The molecular weight excluding hydrogens is 160 g/mol. The van der Waals surface area contributed by atoms with Crippen LogP contribution in [-0.4, -0.2) is 18.4 Å². The molecule has 1 heterocycles. The number of imide groups is 1. The second-order valence-electron chi connectivity index (χ2n) is 2.06. The normalized spacial score (nSPS) is 9.42. The van der Waals surface area contributed by atoms with Gasteiger partial charge in [-0.15, -0.1) is 0 Å². The summed E-state index contributed by atoms with van der Waals surface area (Å²) in [7, 11) is 0. The fraction of sp³-hybridized carbons (Fsp3) is 0.143. The molecule has 3 N–H and O–H groups in total. The first-order valence-corrected chi connectivity index (χ1v) is 3.32. The lowest BCUT2D eigenvalue weighted by Gasteiger charge is -1.97. The molecule has 0 saturated heterocycles. The van der Waals surface area contributed by atoms with E-state index in [0.717, 1.165) is 0 Å². The summed E-state index contributed by atoms with van der Waals surface area (Å²) in [6.07, 6.45) is 1.35. The van der Waals surface area contributed by atoms with E-state index in [-0.39, 0.29) is 12.3 Å². The Morgan fingerprint density at radius 3 is 2.83 bits per heavy atom. The minimum atomic E-state index is -0.574. The Morgan fingerprint density at radius 1 is 1.58 bits per heavy atom. The molecule has 5 nitrogen and oxygen atoms in total. The van der Waals surface area contributed by atoms with Crippen LogP contribution in [0.2, 0.25) is 0 Å². The smallest absolute Gasteiger partial charge is 0.293 e. The van der Waals surface area contributed by atoms with Crippen molar-refractivity contribution in [1.82, 2.24) is 5.32 Å². The van der Waals surface area contributed by atoms with Gasteiger partial charge in [-0.2, -0.15) is 0 Å². The Labute approximate surface area is 68.5 Å². The van der Waals surface area contributed by atoms with Crippen molar-refractivity contribution in [2.24, 2.45) is 5.73 Å². The largest absolute Gasteiger partial charge is 0.459 e. The summed E-state index contributed by atoms with van der Waals surface area (Å²) < 4.78 is 4.74. The molecule has 0 fully saturated rings. The van der Waals surface area contributed by atoms with Gasteiger partial charge in [0.25, 0.3) is 5.91 Å². The van der Waals surface area contributed by atoms with E-state index in [9.17, 15) is 9.59 Å². The molecule has 0 unspecified atom stereocenters. The van der Waals surface area contributed by atoms with E-state index >= 15 is 0 Å². The maximum absolute atomic E-state index is 11.0. The molecule has 5 heteroatoms. The lowest BCUT2D eigenvalue weighted by Crippen LogP contribution is -2.35. The van der Waals surface area contributed by atoms with Crippen molar-refractivity contribution in [3.63, 3.8) is 0 Å². The average Bonchev–Trinajstić information content (AvgIpc) is 2.56. The van der Waals surface area contributed by atoms with E-state index in [1.165, 1.54) is 12.3 Å². The molecule has 0 aliphatic carbocycles. The maximum Gasteiger partial charge on any atom is 0.293 e. The monoisotopic (exact) mass is 168 g/mol. The number of carbonyl (C=O) groups excluding carboxylic acids is 2. The van der Waals surface area contributed by atoms with Crippen molar-refractivity contribution in [3.05, 3.63) is 24.2 Å². The zero-order valence-corrected chi connectivity index (χ0v) is 6.24. The standard InChI is InChI=1S/C7H8N2O3/c8-4-6(10)9-7(11)5-2-1-3-12-5/h1-3H,4,8H2,(H,9,10,11). The summed E-state index contributed by atoms with van der Waals surface area (Å²) in [4.78, 5) is 21.6. The highest BCUT2D eigenvalue weighted by atomic mass is 16.3. The topological polar surface area (TPSA) is 85.3 Å². The molecule has 2 amide bonds. The number of rotatable bonds is 2. The van der Waals surface area contributed by atoms with Crippen LogP contribution in [0.3, 0.4) is 0 Å². The lowest BCUT2D eigenvalue weighted by atomic mass is 10.4. The van der Waals surface area contributed by atoms with Crippen LogP contribution in [0, 0.1) is 0 Å². The molecule has 0 spiro atoms. The van der Waals surface area contributed by atoms with E-state index in [2.05, 4.69) is 0 Å². The number of hydrogen-bond acceptors (Lipinski definition) is 4. The first kappa shape index (κ1) is 8.48. The van der Waals surface area contributed by atoms with Crippen molar-refractivity contribution in [3.8, 4) is 0 Å². The summed E-state index contributed by atoms with van der Waals surface area (Å²) in [5, 5.41) is 2.04. The molecule has 1 aromatic heterocycles. The van der Waals surface area contributed by atoms with Crippen LogP contribution in [0.15, 0.2) is 22.8 Å². The lowest BCUT2D eigenvalue weighted by molar-refractivity contribution is -0.118. The average molecular weight is 168 g/mol. The minimum Gasteiger partial charge on any atom is -0.459 e. The van der Waals surface area contributed by atoms with Crippen LogP contribution < -0.4 is 11.1 Å². The van der Waals surface area contributed by atoms with Crippen molar-refractivity contribution in [2.45, 2.75) is 0 Å². The molecule has 1 rings (SSSR count). The molecule has 12 heavy (non-hydrogen) atoms. The predicted molar refractivity (Wildman–Crippen MR) is 40.2 cm³/mol. The van der Waals surface area contributed by atoms with Gasteiger partial charge in [-0.05, 0) is 12.1 Å². The third-order valence-electron chi connectivity index (χ3n) is 1.18. The third kappa shape index (κ3) is 1.93. The molecule has 0 aromatic carbocycles. The summed E-state index contributed by atoms with van der Waals surface area (Å²) in [5.41, 5.74) is 4.98. The van der Waals surface area contributed by atoms with Crippen LogP contribution >= 0.6 is 0 Å². The van der Waals surface area contributed by atoms with Crippen LogP contribution in [0.25, 0.3) is 0 Å². The SMILES string of the molecule is NCC(=O)NC(=O)c1ccco1. The van der Waals surface area contributed by atoms with E-state index in [1.54, 1.807) is 6.07 Å². The molecule has 64 valence electrons. The summed E-state index contributed by atoms with van der Waals surface area (Å²) in [6.45, 7) is -0.216. The van der Waals surface area contributed by atoms with Gasteiger partial charge >= 0.3 is 0 Å². The van der Waals surface area contributed by atoms with Gasteiger partial charge in [0.15, 0.2) is 5.76 Å². The Balaban J connectivity index is 2.56. The van der Waals surface area contributed by atoms with Gasteiger partial charge in [-0.1, -0.05) is 0 Å². The van der Waals surface area contributed by atoms with Crippen LogP contribution in [0.1, 0.15) is 10.6 Å². The quantitative estimate of drug-likeness (QED) is 0.623. The molecular formula is C7H8N2O3. The first-order chi connectivity index (χ1) is 5.74. The van der Waals surface area contributed by atoms with Crippen LogP contribution in [0.5, 0.6) is 0 Å². The molecule has 0 radical (unpaired) electrons. The highest BCUT2D eigenvalue weighted by molar-refractivity contribution is 6.03. The zero-order valence-electron chi connectivity index (χ0n) is 6.24. The molecule has 1 aromatic rings. The zero-order chi connectivity index (χ0) is 8.97. The molecule has 0 aliphatic rings. The van der Waals surface area contributed by atoms with Gasteiger partial charge in [-0.3, -0.25) is 14.9 Å². The number of amides is 2. The van der Waals surface area contributed by atoms with Crippen molar-refractivity contribution >= 4 is 11.8 Å². The first-order valence-electron chi connectivity index (χ1n) is 3.32. The summed E-state index contributed by atoms with van der Waals surface area (Å²) in [5.74, 6) is -1.01. The Hall–Kier alpha value is -1.62. The van der Waals surface area contributed by atoms with E-state index in [1.807, 2.05) is 5.32 Å². The third-order valence-corrected chi connectivity index (χ3v) is 1.18. The van der Waals surface area contributed by atoms with Gasteiger partial charge in [0.1, 0.15) is 0 Å². The van der Waals surface area contributed by atoms with E-state index < -0.39 is 11.8 Å². The minimum absolute atomic E-state index is 0.0943.